The number of anilines is 1. The molecule has 0 radical (unpaired) electrons. The van der Waals surface area contributed by atoms with Gasteiger partial charge in [0, 0.05) is 5.92 Å². The van der Waals surface area contributed by atoms with Gasteiger partial charge in [-0.15, -0.1) is 0 Å². The van der Waals surface area contributed by atoms with Gasteiger partial charge in [-0.2, -0.15) is 5.10 Å². The normalized spacial score (nSPS) is 13.2. The SMILES string of the molecule is O=C(CNC(=O)c1cc(C2CC2)nn1-c1ccccc1)Nc1ccc(F)c(F)c1F. The molecule has 3 aromatic rings. The monoisotopic (exact) mass is 414 g/mol. The third-order valence-electron chi connectivity index (χ3n) is 4.68. The van der Waals surface area contributed by atoms with Crippen molar-refractivity contribution in [1.82, 2.24) is 15.1 Å². The molecule has 0 saturated heterocycles. The van der Waals surface area contributed by atoms with Crippen molar-refractivity contribution in [3.05, 3.63) is 77.4 Å². The largest absolute Gasteiger partial charge is 0.342 e. The van der Waals surface area contributed by atoms with Crippen LogP contribution in [0.2, 0.25) is 0 Å². The van der Waals surface area contributed by atoms with Crippen molar-refractivity contribution in [2.24, 2.45) is 0 Å². The number of nitrogens with one attached hydrogen (secondary N) is 2. The summed E-state index contributed by atoms with van der Waals surface area (Å²) in [6.45, 7) is -0.490. The van der Waals surface area contributed by atoms with Gasteiger partial charge in [0.05, 0.1) is 23.6 Å². The Morgan fingerprint density at radius 3 is 2.47 bits per heavy atom. The van der Waals surface area contributed by atoms with Gasteiger partial charge in [-0.05, 0) is 43.2 Å². The molecule has 2 N–H and O–H groups in total. The predicted octanol–water partition coefficient (Wildman–Crippen LogP) is 3.54. The van der Waals surface area contributed by atoms with E-state index in [1.54, 1.807) is 18.2 Å². The number of amides is 2. The predicted molar refractivity (Wildman–Crippen MR) is 103 cm³/mol. The van der Waals surface area contributed by atoms with Crippen LogP contribution >= 0.6 is 0 Å². The standard InChI is InChI=1S/C21H17F3N4O2/c22-14-8-9-15(20(24)19(14)23)26-18(29)11-25-21(30)17-10-16(12-6-7-12)27-28(17)13-4-2-1-3-5-13/h1-5,8-10,12H,6-7,11H2,(H,25,30)(H,26,29). The van der Waals surface area contributed by atoms with E-state index < -0.39 is 41.5 Å². The molecule has 0 aliphatic heterocycles. The Morgan fingerprint density at radius 2 is 1.77 bits per heavy atom. The summed E-state index contributed by atoms with van der Waals surface area (Å²) >= 11 is 0. The second-order valence-corrected chi connectivity index (χ2v) is 6.93. The van der Waals surface area contributed by atoms with Crippen LogP contribution in [0, 0.1) is 17.5 Å². The van der Waals surface area contributed by atoms with Crippen molar-refractivity contribution in [1.29, 1.82) is 0 Å². The number of rotatable bonds is 6. The van der Waals surface area contributed by atoms with Crippen molar-refractivity contribution >= 4 is 17.5 Å². The lowest BCUT2D eigenvalue weighted by Gasteiger charge is -2.10. The van der Waals surface area contributed by atoms with Crippen LogP contribution < -0.4 is 10.6 Å². The van der Waals surface area contributed by atoms with E-state index in [1.165, 1.54) is 4.68 Å². The Hall–Kier alpha value is -3.62. The highest BCUT2D eigenvalue weighted by Gasteiger charge is 2.29. The molecule has 2 aromatic carbocycles. The molecule has 2 amide bonds. The van der Waals surface area contributed by atoms with E-state index in [2.05, 4.69) is 15.7 Å². The van der Waals surface area contributed by atoms with Crippen molar-refractivity contribution in [2.75, 3.05) is 11.9 Å². The van der Waals surface area contributed by atoms with Crippen LogP contribution in [-0.2, 0) is 4.79 Å². The molecule has 1 heterocycles. The second kappa shape index (κ2) is 8.02. The zero-order valence-electron chi connectivity index (χ0n) is 15.7. The molecule has 1 fully saturated rings. The molecule has 0 atom stereocenters. The van der Waals surface area contributed by atoms with Gasteiger partial charge in [0.15, 0.2) is 17.5 Å². The topological polar surface area (TPSA) is 76.0 Å². The number of aromatic nitrogens is 2. The summed E-state index contributed by atoms with van der Waals surface area (Å²) in [4.78, 5) is 24.7. The molecule has 9 heteroatoms. The summed E-state index contributed by atoms with van der Waals surface area (Å²) in [7, 11) is 0. The highest BCUT2D eigenvalue weighted by Crippen LogP contribution is 2.39. The first-order chi connectivity index (χ1) is 14.4. The molecular weight excluding hydrogens is 397 g/mol. The van der Waals surface area contributed by atoms with Gasteiger partial charge >= 0.3 is 0 Å². The van der Waals surface area contributed by atoms with Crippen molar-refractivity contribution in [3.63, 3.8) is 0 Å². The van der Waals surface area contributed by atoms with E-state index >= 15 is 0 Å². The lowest BCUT2D eigenvalue weighted by atomic mass is 10.2. The number of benzene rings is 2. The number of hydrogen-bond donors (Lipinski definition) is 2. The molecule has 1 aliphatic rings. The maximum absolute atomic E-state index is 13.7. The number of hydrogen-bond acceptors (Lipinski definition) is 3. The van der Waals surface area contributed by atoms with Crippen LogP contribution in [0.15, 0.2) is 48.5 Å². The van der Waals surface area contributed by atoms with Crippen molar-refractivity contribution in [2.45, 2.75) is 18.8 Å². The second-order valence-electron chi connectivity index (χ2n) is 6.93. The Kier molecular flexibility index (Phi) is 5.26. The highest BCUT2D eigenvalue weighted by atomic mass is 19.2. The minimum atomic E-state index is -1.68. The summed E-state index contributed by atoms with van der Waals surface area (Å²) in [5.41, 5.74) is 1.24. The van der Waals surface area contributed by atoms with E-state index in [1.807, 2.05) is 18.2 Å². The zero-order chi connectivity index (χ0) is 21.3. The van der Waals surface area contributed by atoms with Gasteiger partial charge in [0.2, 0.25) is 5.91 Å². The van der Waals surface area contributed by atoms with Gasteiger partial charge in [0.1, 0.15) is 5.69 Å². The first kappa shape index (κ1) is 19.7. The van der Waals surface area contributed by atoms with Crippen LogP contribution in [0.3, 0.4) is 0 Å². The van der Waals surface area contributed by atoms with Crippen molar-refractivity contribution < 1.29 is 22.8 Å². The maximum Gasteiger partial charge on any atom is 0.270 e. The van der Waals surface area contributed by atoms with Crippen LogP contribution in [0.25, 0.3) is 5.69 Å². The average molecular weight is 414 g/mol. The van der Waals surface area contributed by atoms with Crippen molar-refractivity contribution in [3.8, 4) is 5.69 Å². The zero-order valence-corrected chi connectivity index (χ0v) is 15.7. The molecule has 6 nitrogen and oxygen atoms in total. The lowest BCUT2D eigenvalue weighted by molar-refractivity contribution is -0.115. The van der Waals surface area contributed by atoms with E-state index in [0.29, 0.717) is 17.7 Å². The molecule has 0 bridgehead atoms. The Bertz CT molecular complexity index is 1110. The molecule has 1 aliphatic carbocycles. The summed E-state index contributed by atoms with van der Waals surface area (Å²) in [5.74, 6) is -5.57. The summed E-state index contributed by atoms with van der Waals surface area (Å²) in [6.07, 6.45) is 2.02. The van der Waals surface area contributed by atoms with Gasteiger partial charge in [0.25, 0.3) is 5.91 Å². The summed E-state index contributed by atoms with van der Waals surface area (Å²) in [6, 6.07) is 12.4. The third-order valence-corrected chi connectivity index (χ3v) is 4.68. The molecule has 0 unspecified atom stereocenters. The smallest absolute Gasteiger partial charge is 0.270 e. The highest BCUT2D eigenvalue weighted by molar-refractivity contribution is 5.99. The molecule has 30 heavy (non-hydrogen) atoms. The average Bonchev–Trinajstić information content (AvgIpc) is 3.51. The molecule has 4 rings (SSSR count). The van der Waals surface area contributed by atoms with Gasteiger partial charge < -0.3 is 10.6 Å². The van der Waals surface area contributed by atoms with Gasteiger partial charge in [-0.3, -0.25) is 9.59 Å². The quantitative estimate of drug-likeness (QED) is 0.606. The van der Waals surface area contributed by atoms with Gasteiger partial charge in [-0.25, -0.2) is 17.9 Å². The Labute approximate surface area is 169 Å². The molecular formula is C21H17F3N4O2. The van der Waals surface area contributed by atoms with E-state index in [9.17, 15) is 22.8 Å². The van der Waals surface area contributed by atoms with Gasteiger partial charge in [-0.1, -0.05) is 18.2 Å². The summed E-state index contributed by atoms with van der Waals surface area (Å²) in [5, 5.41) is 9.07. The lowest BCUT2D eigenvalue weighted by Crippen LogP contribution is -2.34. The third kappa shape index (κ3) is 4.05. The number of halogens is 3. The Balaban J connectivity index is 1.46. The molecule has 154 valence electrons. The maximum atomic E-state index is 13.7. The van der Waals surface area contributed by atoms with Crippen LogP contribution in [0.5, 0.6) is 0 Å². The first-order valence-corrected chi connectivity index (χ1v) is 9.31. The molecule has 1 saturated carbocycles. The fourth-order valence-electron chi connectivity index (χ4n) is 2.97. The number of carbonyl (C=O) groups excluding carboxylic acids is 2. The van der Waals surface area contributed by atoms with Crippen LogP contribution in [0.1, 0.15) is 34.9 Å². The minimum Gasteiger partial charge on any atom is -0.342 e. The van der Waals surface area contributed by atoms with Crippen LogP contribution in [-0.4, -0.2) is 28.1 Å². The van der Waals surface area contributed by atoms with Crippen LogP contribution in [0.4, 0.5) is 18.9 Å². The minimum absolute atomic E-state index is 0.259. The Morgan fingerprint density at radius 1 is 1.03 bits per heavy atom. The fourth-order valence-corrected chi connectivity index (χ4v) is 2.97. The molecule has 1 aromatic heterocycles. The number of para-hydroxylation sites is 1. The van der Waals surface area contributed by atoms with E-state index in [-0.39, 0.29) is 5.69 Å². The number of nitrogens with zero attached hydrogens (tertiary/aromatic N) is 2. The summed E-state index contributed by atoms with van der Waals surface area (Å²) < 4.78 is 41.5. The van der Waals surface area contributed by atoms with E-state index in [4.69, 9.17) is 0 Å². The molecule has 0 spiro atoms. The fraction of sp³-hybridized carbons (Fsp3) is 0.190. The number of carbonyl (C=O) groups is 2. The van der Waals surface area contributed by atoms with E-state index in [0.717, 1.165) is 24.6 Å². The first-order valence-electron chi connectivity index (χ1n) is 9.31.